The van der Waals surface area contributed by atoms with Gasteiger partial charge in [-0.1, -0.05) is 24.3 Å². The van der Waals surface area contributed by atoms with E-state index in [2.05, 4.69) is 10.6 Å². The molecule has 11 heteroatoms. The number of likely N-dealkylation sites (N-methyl/N-ethyl adjacent to an activating group) is 1. The van der Waals surface area contributed by atoms with Crippen molar-refractivity contribution in [3.05, 3.63) is 65.7 Å². The van der Waals surface area contributed by atoms with E-state index in [0.717, 1.165) is 22.0 Å². The number of para-hydroxylation sites is 2. The molecular weight excluding hydrogens is 552 g/mol. The molecule has 0 saturated carbocycles. The SMILES string of the molecule is COC(=O)c1ccc2c(CN3C(=O)[C@@H](NC(=O)C(C)N(C)C(=O)OC(C)(C)C)CNc4ccccc43)c(OC)ccc2c1. The zero-order chi connectivity index (χ0) is 31.5. The van der Waals surface area contributed by atoms with Gasteiger partial charge in [0, 0.05) is 19.2 Å². The average molecular weight is 591 g/mol. The van der Waals surface area contributed by atoms with Crippen LogP contribution in [0.3, 0.4) is 0 Å². The number of anilines is 2. The number of carbonyl (C=O) groups is 4. The van der Waals surface area contributed by atoms with E-state index < -0.39 is 35.7 Å². The third-order valence-electron chi connectivity index (χ3n) is 7.26. The number of amides is 3. The van der Waals surface area contributed by atoms with E-state index in [0.29, 0.717) is 17.0 Å². The first kappa shape index (κ1) is 31.1. The van der Waals surface area contributed by atoms with Crippen LogP contribution in [0, 0.1) is 0 Å². The van der Waals surface area contributed by atoms with Crippen LogP contribution in [-0.2, 0) is 25.6 Å². The number of nitrogens with zero attached hydrogens (tertiary/aromatic N) is 2. The van der Waals surface area contributed by atoms with Crippen LogP contribution in [0.2, 0.25) is 0 Å². The Hall–Kier alpha value is -4.80. The minimum atomic E-state index is -0.943. The fourth-order valence-electron chi connectivity index (χ4n) is 4.83. The smallest absolute Gasteiger partial charge is 0.410 e. The number of ether oxygens (including phenoxy) is 3. The number of rotatable bonds is 7. The fraction of sp³-hybridized carbons (Fsp3) is 0.375. The molecule has 228 valence electrons. The number of fused-ring (bicyclic) bond motifs is 2. The van der Waals surface area contributed by atoms with Crippen LogP contribution in [0.5, 0.6) is 5.75 Å². The summed E-state index contributed by atoms with van der Waals surface area (Å²) in [6, 6.07) is 14.4. The molecule has 43 heavy (non-hydrogen) atoms. The average Bonchev–Trinajstić information content (AvgIpc) is 3.11. The van der Waals surface area contributed by atoms with Crippen LogP contribution in [0.4, 0.5) is 16.2 Å². The Labute approximate surface area is 251 Å². The summed E-state index contributed by atoms with van der Waals surface area (Å²) < 4.78 is 16.0. The van der Waals surface area contributed by atoms with Gasteiger partial charge in [-0.25, -0.2) is 9.59 Å². The molecule has 2 N–H and O–H groups in total. The van der Waals surface area contributed by atoms with Crippen molar-refractivity contribution in [2.24, 2.45) is 0 Å². The summed E-state index contributed by atoms with van der Waals surface area (Å²) in [4.78, 5) is 54.9. The molecule has 1 heterocycles. The zero-order valence-electron chi connectivity index (χ0n) is 25.5. The Balaban J connectivity index is 1.66. The van der Waals surface area contributed by atoms with E-state index in [1.165, 1.54) is 19.1 Å². The first-order valence-corrected chi connectivity index (χ1v) is 13.9. The minimum Gasteiger partial charge on any atom is -0.496 e. The summed E-state index contributed by atoms with van der Waals surface area (Å²) in [5, 5.41) is 7.67. The molecular formula is C32H38N4O7. The number of hydrogen-bond acceptors (Lipinski definition) is 8. The second kappa shape index (κ2) is 12.6. The molecule has 4 rings (SSSR count). The van der Waals surface area contributed by atoms with Crippen molar-refractivity contribution in [2.75, 3.05) is 38.0 Å². The minimum absolute atomic E-state index is 0.120. The second-order valence-corrected chi connectivity index (χ2v) is 11.3. The van der Waals surface area contributed by atoms with Crippen molar-refractivity contribution in [1.29, 1.82) is 0 Å². The summed E-state index contributed by atoms with van der Waals surface area (Å²) in [7, 11) is 4.36. The van der Waals surface area contributed by atoms with Crippen molar-refractivity contribution >= 4 is 46.0 Å². The molecule has 0 spiro atoms. The molecule has 0 aliphatic carbocycles. The van der Waals surface area contributed by atoms with E-state index >= 15 is 0 Å². The van der Waals surface area contributed by atoms with Gasteiger partial charge in [0.2, 0.25) is 5.91 Å². The van der Waals surface area contributed by atoms with Gasteiger partial charge in [0.15, 0.2) is 0 Å². The summed E-state index contributed by atoms with van der Waals surface area (Å²) in [6.45, 7) is 7.06. The zero-order valence-corrected chi connectivity index (χ0v) is 25.5. The van der Waals surface area contributed by atoms with E-state index in [-0.39, 0.29) is 19.0 Å². The molecule has 1 aliphatic rings. The number of benzene rings is 3. The van der Waals surface area contributed by atoms with Crippen LogP contribution < -0.4 is 20.3 Å². The Morgan fingerprint density at radius 1 is 1.09 bits per heavy atom. The van der Waals surface area contributed by atoms with Crippen molar-refractivity contribution in [1.82, 2.24) is 10.2 Å². The summed E-state index contributed by atoms with van der Waals surface area (Å²) >= 11 is 0. The van der Waals surface area contributed by atoms with Gasteiger partial charge in [0.25, 0.3) is 5.91 Å². The van der Waals surface area contributed by atoms with Gasteiger partial charge in [-0.2, -0.15) is 0 Å². The number of methoxy groups -OCH3 is 2. The molecule has 2 atom stereocenters. The first-order chi connectivity index (χ1) is 20.3. The van der Waals surface area contributed by atoms with Crippen LogP contribution in [0.1, 0.15) is 43.6 Å². The Morgan fingerprint density at radius 2 is 1.81 bits per heavy atom. The number of esters is 1. The molecule has 11 nitrogen and oxygen atoms in total. The lowest BCUT2D eigenvalue weighted by molar-refractivity contribution is -0.130. The molecule has 3 aromatic rings. The molecule has 0 radical (unpaired) electrons. The van der Waals surface area contributed by atoms with Gasteiger partial charge in [-0.3, -0.25) is 14.5 Å². The number of hydrogen-bond donors (Lipinski definition) is 2. The second-order valence-electron chi connectivity index (χ2n) is 11.3. The lowest BCUT2D eigenvalue weighted by atomic mass is 10.00. The van der Waals surface area contributed by atoms with Gasteiger partial charge < -0.3 is 29.7 Å². The highest BCUT2D eigenvalue weighted by Crippen LogP contribution is 2.35. The van der Waals surface area contributed by atoms with Gasteiger partial charge >= 0.3 is 12.1 Å². The first-order valence-electron chi connectivity index (χ1n) is 13.9. The molecule has 3 amide bonds. The van der Waals surface area contributed by atoms with Crippen molar-refractivity contribution in [2.45, 2.75) is 51.9 Å². The third kappa shape index (κ3) is 6.82. The van der Waals surface area contributed by atoms with Crippen molar-refractivity contribution < 1.29 is 33.4 Å². The highest BCUT2D eigenvalue weighted by Gasteiger charge is 2.35. The predicted molar refractivity (Wildman–Crippen MR) is 163 cm³/mol. The van der Waals surface area contributed by atoms with Gasteiger partial charge in [0.05, 0.1) is 37.7 Å². The van der Waals surface area contributed by atoms with E-state index in [1.807, 2.05) is 30.3 Å². The maximum absolute atomic E-state index is 14.1. The Kier molecular flexibility index (Phi) is 9.13. The Morgan fingerprint density at radius 3 is 2.49 bits per heavy atom. The molecule has 0 bridgehead atoms. The van der Waals surface area contributed by atoms with Crippen molar-refractivity contribution in [3.8, 4) is 5.75 Å². The van der Waals surface area contributed by atoms with E-state index in [4.69, 9.17) is 14.2 Å². The van der Waals surface area contributed by atoms with Gasteiger partial charge in [0.1, 0.15) is 23.4 Å². The normalized spacial score (nSPS) is 15.5. The predicted octanol–water partition coefficient (Wildman–Crippen LogP) is 4.33. The molecule has 0 saturated heterocycles. The van der Waals surface area contributed by atoms with Crippen LogP contribution in [0.25, 0.3) is 10.8 Å². The molecule has 0 aromatic heterocycles. The van der Waals surface area contributed by atoms with Gasteiger partial charge in [-0.05, 0) is 68.8 Å². The lowest BCUT2D eigenvalue weighted by Crippen LogP contribution is -2.55. The standard InChI is InChI=1S/C32H38N4O7/c1-19(35(5)31(40)43-32(2,3)4)28(37)34-25-17-33-24-10-8-9-11-26(24)36(29(25)38)18-23-22-14-12-21(30(39)42-7)16-20(22)13-15-27(23)41-6/h8-16,19,25,33H,17-18H2,1-7H3,(H,34,37)/t19?,25-/m0/s1. The van der Waals surface area contributed by atoms with Crippen LogP contribution in [-0.4, -0.2) is 74.3 Å². The fourth-order valence-corrected chi connectivity index (χ4v) is 4.83. The molecule has 1 aliphatic heterocycles. The summed E-state index contributed by atoms with van der Waals surface area (Å²) in [6.07, 6.45) is -0.645. The lowest BCUT2D eigenvalue weighted by Gasteiger charge is -2.30. The van der Waals surface area contributed by atoms with E-state index in [9.17, 15) is 19.2 Å². The highest BCUT2D eigenvalue weighted by molar-refractivity contribution is 6.04. The largest absolute Gasteiger partial charge is 0.496 e. The summed E-state index contributed by atoms with van der Waals surface area (Å²) in [5.41, 5.74) is 1.76. The maximum Gasteiger partial charge on any atom is 0.410 e. The number of nitrogens with one attached hydrogen (secondary N) is 2. The topological polar surface area (TPSA) is 127 Å². The van der Waals surface area contributed by atoms with E-state index in [1.54, 1.807) is 64.0 Å². The third-order valence-corrected chi connectivity index (χ3v) is 7.26. The molecule has 3 aromatic carbocycles. The molecule has 0 fully saturated rings. The van der Waals surface area contributed by atoms with Gasteiger partial charge in [-0.15, -0.1) is 0 Å². The van der Waals surface area contributed by atoms with Crippen molar-refractivity contribution in [3.63, 3.8) is 0 Å². The Bertz CT molecular complexity index is 1550. The highest BCUT2D eigenvalue weighted by atomic mass is 16.6. The maximum atomic E-state index is 14.1. The monoisotopic (exact) mass is 590 g/mol. The number of carbonyl (C=O) groups excluding carboxylic acids is 4. The van der Waals surface area contributed by atoms with Crippen LogP contribution in [0.15, 0.2) is 54.6 Å². The summed E-state index contributed by atoms with van der Waals surface area (Å²) in [5.74, 6) is -0.734. The molecule has 1 unspecified atom stereocenters. The quantitative estimate of drug-likeness (QED) is 0.390. The van der Waals surface area contributed by atoms with Crippen LogP contribution >= 0.6 is 0 Å².